The van der Waals surface area contributed by atoms with Crippen LogP contribution in [0.1, 0.15) is 25.0 Å². The summed E-state index contributed by atoms with van der Waals surface area (Å²) in [5, 5.41) is 2.94. The van der Waals surface area contributed by atoms with Crippen LogP contribution in [0.3, 0.4) is 0 Å². The molecule has 2 fully saturated rings. The van der Waals surface area contributed by atoms with Gasteiger partial charge in [0.15, 0.2) is 0 Å². The molecule has 0 saturated carbocycles. The third-order valence-corrected chi connectivity index (χ3v) is 5.89. The molecule has 0 radical (unpaired) electrons. The van der Waals surface area contributed by atoms with E-state index < -0.39 is 0 Å². The maximum Gasteiger partial charge on any atom is 0.228 e. The van der Waals surface area contributed by atoms with E-state index in [2.05, 4.69) is 10.3 Å². The third-order valence-electron chi connectivity index (χ3n) is 5.89. The van der Waals surface area contributed by atoms with E-state index in [9.17, 15) is 14.4 Å². The van der Waals surface area contributed by atoms with Crippen LogP contribution < -0.4 is 10.2 Å². The fourth-order valence-electron chi connectivity index (χ4n) is 4.18. The Kier molecular flexibility index (Phi) is 6.07. The molecule has 0 spiro atoms. The lowest BCUT2D eigenvalue weighted by Gasteiger charge is -2.33. The van der Waals surface area contributed by atoms with Gasteiger partial charge in [-0.1, -0.05) is 24.3 Å². The lowest BCUT2D eigenvalue weighted by atomic mass is 9.94. The molecule has 2 saturated heterocycles. The van der Waals surface area contributed by atoms with Crippen LogP contribution >= 0.6 is 0 Å². The number of hydrogen-bond donors (Lipinski definition) is 1. The molecule has 1 aromatic carbocycles. The number of rotatable bonds is 5. The molecule has 156 valence electrons. The number of carbonyl (C=O) groups is 3. The van der Waals surface area contributed by atoms with Crippen LogP contribution in [0.2, 0.25) is 0 Å². The number of carbonyl (C=O) groups excluding carboxylic acids is 3. The summed E-state index contributed by atoms with van der Waals surface area (Å²) in [4.78, 5) is 45.5. The molecular weight excluding hydrogens is 380 g/mol. The lowest BCUT2D eigenvalue weighted by molar-refractivity contribution is -0.139. The average molecular weight is 406 g/mol. The van der Waals surface area contributed by atoms with Crippen LogP contribution in [0, 0.1) is 11.8 Å². The fraction of sp³-hybridized carbons (Fsp3) is 0.391. The van der Waals surface area contributed by atoms with Crippen molar-refractivity contribution in [2.24, 2.45) is 11.8 Å². The second kappa shape index (κ2) is 9.07. The number of nitrogens with zero attached hydrogens (tertiary/aromatic N) is 3. The van der Waals surface area contributed by atoms with Gasteiger partial charge >= 0.3 is 0 Å². The van der Waals surface area contributed by atoms with E-state index in [1.54, 1.807) is 11.1 Å². The van der Waals surface area contributed by atoms with Gasteiger partial charge in [0.25, 0.3) is 0 Å². The molecule has 7 nitrogen and oxygen atoms in total. The van der Waals surface area contributed by atoms with Crippen molar-refractivity contribution < 1.29 is 14.4 Å². The Labute approximate surface area is 176 Å². The maximum atomic E-state index is 12.9. The lowest BCUT2D eigenvalue weighted by Crippen LogP contribution is -2.45. The summed E-state index contributed by atoms with van der Waals surface area (Å²) in [6.45, 7) is 1.94. The van der Waals surface area contributed by atoms with E-state index in [4.69, 9.17) is 0 Å². The highest BCUT2D eigenvalue weighted by atomic mass is 16.2. The van der Waals surface area contributed by atoms with E-state index in [0.29, 0.717) is 39.0 Å². The molecule has 2 aliphatic heterocycles. The van der Waals surface area contributed by atoms with Gasteiger partial charge < -0.3 is 15.1 Å². The highest BCUT2D eigenvalue weighted by molar-refractivity contribution is 6.00. The van der Waals surface area contributed by atoms with Crippen molar-refractivity contribution in [3.8, 4) is 0 Å². The normalized spacial score (nSPS) is 19.7. The Bertz CT molecular complexity index is 895. The first-order chi connectivity index (χ1) is 14.6. The number of amides is 3. The number of piperidine rings is 1. The molecule has 1 N–H and O–H groups in total. The topological polar surface area (TPSA) is 82.6 Å². The average Bonchev–Trinajstić information content (AvgIpc) is 3.20. The molecule has 2 aromatic rings. The van der Waals surface area contributed by atoms with Crippen molar-refractivity contribution in [3.63, 3.8) is 0 Å². The van der Waals surface area contributed by atoms with Crippen molar-refractivity contribution in [3.05, 3.63) is 60.4 Å². The van der Waals surface area contributed by atoms with Gasteiger partial charge in [0, 0.05) is 43.9 Å². The van der Waals surface area contributed by atoms with Gasteiger partial charge in [0.2, 0.25) is 17.7 Å². The van der Waals surface area contributed by atoms with Crippen LogP contribution in [0.5, 0.6) is 0 Å². The molecule has 3 amide bonds. The first-order valence-electron chi connectivity index (χ1n) is 10.4. The molecule has 1 aromatic heterocycles. The van der Waals surface area contributed by atoms with Gasteiger partial charge in [-0.15, -0.1) is 0 Å². The first-order valence-corrected chi connectivity index (χ1v) is 10.4. The smallest absolute Gasteiger partial charge is 0.228 e. The van der Waals surface area contributed by atoms with Gasteiger partial charge in [0.05, 0.1) is 18.2 Å². The van der Waals surface area contributed by atoms with Crippen molar-refractivity contribution in [1.82, 2.24) is 15.2 Å². The maximum absolute atomic E-state index is 12.9. The number of likely N-dealkylation sites (tertiary alicyclic amines) is 1. The van der Waals surface area contributed by atoms with E-state index in [1.165, 1.54) is 0 Å². The Hall–Kier alpha value is -3.22. The summed E-state index contributed by atoms with van der Waals surface area (Å²) in [6, 6.07) is 15.1. The summed E-state index contributed by atoms with van der Waals surface area (Å²) < 4.78 is 0. The zero-order chi connectivity index (χ0) is 20.9. The summed E-state index contributed by atoms with van der Waals surface area (Å²) in [5.41, 5.74) is 1.66. The number of pyridine rings is 1. The minimum Gasteiger partial charge on any atom is -0.350 e. The van der Waals surface area contributed by atoms with E-state index >= 15 is 0 Å². The highest BCUT2D eigenvalue weighted by Gasteiger charge is 2.38. The van der Waals surface area contributed by atoms with E-state index in [0.717, 1.165) is 11.4 Å². The first kappa shape index (κ1) is 20.1. The third kappa shape index (κ3) is 4.50. The largest absolute Gasteiger partial charge is 0.350 e. The van der Waals surface area contributed by atoms with E-state index in [1.807, 2.05) is 53.4 Å². The quantitative estimate of drug-likeness (QED) is 0.823. The zero-order valence-electron chi connectivity index (χ0n) is 16.9. The van der Waals surface area contributed by atoms with Crippen LogP contribution in [-0.2, 0) is 20.9 Å². The van der Waals surface area contributed by atoms with Gasteiger partial charge in [-0.25, -0.2) is 0 Å². The van der Waals surface area contributed by atoms with Crippen LogP contribution in [0.15, 0.2) is 54.7 Å². The van der Waals surface area contributed by atoms with Gasteiger partial charge in [-0.2, -0.15) is 0 Å². The van der Waals surface area contributed by atoms with Crippen LogP contribution in [-0.4, -0.2) is 47.2 Å². The monoisotopic (exact) mass is 406 g/mol. The molecule has 0 unspecified atom stereocenters. The number of nitrogens with one attached hydrogen (secondary N) is 1. The number of aromatic nitrogens is 1. The Morgan fingerprint density at radius 3 is 2.43 bits per heavy atom. The number of para-hydroxylation sites is 1. The molecule has 30 heavy (non-hydrogen) atoms. The van der Waals surface area contributed by atoms with Gasteiger partial charge in [-0.3, -0.25) is 19.4 Å². The summed E-state index contributed by atoms with van der Waals surface area (Å²) >= 11 is 0. The highest BCUT2D eigenvalue weighted by Crippen LogP contribution is 2.27. The summed E-state index contributed by atoms with van der Waals surface area (Å²) in [5.74, 6) is -0.382. The predicted molar refractivity (Wildman–Crippen MR) is 112 cm³/mol. The number of benzene rings is 1. The predicted octanol–water partition coefficient (Wildman–Crippen LogP) is 1.99. The molecule has 2 aliphatic rings. The van der Waals surface area contributed by atoms with Crippen molar-refractivity contribution in [2.45, 2.75) is 25.8 Å². The molecule has 1 atom stereocenters. The minimum atomic E-state index is -0.313. The molecule has 0 bridgehead atoms. The van der Waals surface area contributed by atoms with Crippen molar-refractivity contribution in [1.29, 1.82) is 0 Å². The molecule has 4 rings (SSSR count). The van der Waals surface area contributed by atoms with Crippen LogP contribution in [0.25, 0.3) is 0 Å². The van der Waals surface area contributed by atoms with Crippen molar-refractivity contribution in [2.75, 3.05) is 24.5 Å². The van der Waals surface area contributed by atoms with Gasteiger partial charge in [0.1, 0.15) is 0 Å². The Balaban J connectivity index is 1.26. The minimum absolute atomic E-state index is 0.0108. The summed E-state index contributed by atoms with van der Waals surface area (Å²) in [6.07, 6.45) is 3.24. The Morgan fingerprint density at radius 1 is 1.00 bits per heavy atom. The number of hydrogen-bond acceptors (Lipinski definition) is 4. The summed E-state index contributed by atoms with van der Waals surface area (Å²) in [7, 11) is 0. The zero-order valence-corrected chi connectivity index (χ0v) is 16.9. The van der Waals surface area contributed by atoms with E-state index in [-0.39, 0.29) is 36.0 Å². The standard InChI is InChI=1S/C23H26N4O3/c28-21-14-18(16-27(21)20-7-2-1-3-8-20)23(30)26-12-9-17(10-13-26)22(29)25-15-19-6-4-5-11-24-19/h1-8,11,17-18H,9-10,12-16H2,(H,25,29)/t18-/m1/s1. The van der Waals surface area contributed by atoms with Gasteiger partial charge in [-0.05, 0) is 37.1 Å². The van der Waals surface area contributed by atoms with Crippen LogP contribution in [0.4, 0.5) is 5.69 Å². The fourth-order valence-corrected chi connectivity index (χ4v) is 4.18. The molecule has 0 aliphatic carbocycles. The second-order valence-corrected chi connectivity index (χ2v) is 7.88. The van der Waals surface area contributed by atoms with Crippen molar-refractivity contribution >= 4 is 23.4 Å². The molecular formula is C23H26N4O3. The SMILES string of the molecule is O=C(NCc1ccccn1)C1CCN(C(=O)[C@@H]2CC(=O)N(c3ccccc3)C2)CC1. The molecule has 7 heteroatoms. The Morgan fingerprint density at radius 2 is 1.73 bits per heavy atom. The second-order valence-electron chi connectivity index (χ2n) is 7.88. The number of anilines is 1. The molecule has 3 heterocycles.